The molecule has 4 heteroatoms. The molecule has 1 atom stereocenters. The van der Waals surface area contributed by atoms with Crippen LogP contribution < -0.4 is 5.32 Å². The van der Waals surface area contributed by atoms with E-state index in [4.69, 9.17) is 4.42 Å². The van der Waals surface area contributed by atoms with Crippen LogP contribution in [0.2, 0.25) is 0 Å². The summed E-state index contributed by atoms with van der Waals surface area (Å²) >= 11 is 1.83. The third-order valence-corrected chi connectivity index (χ3v) is 3.22. The van der Waals surface area contributed by atoms with E-state index in [9.17, 15) is 0 Å². The molecule has 0 spiro atoms. The molecule has 1 aromatic heterocycles. The molecule has 0 bridgehead atoms. The summed E-state index contributed by atoms with van der Waals surface area (Å²) in [5, 5.41) is 3.32. The molecule has 0 fully saturated rings. The van der Waals surface area contributed by atoms with Crippen molar-refractivity contribution in [3.05, 3.63) is 24.3 Å². The Morgan fingerprint density at radius 1 is 1.44 bits per heavy atom. The van der Waals surface area contributed by atoms with Crippen LogP contribution in [0.4, 0.5) is 6.01 Å². The Morgan fingerprint density at radius 3 is 2.94 bits per heavy atom. The highest BCUT2D eigenvalue weighted by atomic mass is 32.2. The Bertz CT molecular complexity index is 422. The second-order valence-corrected chi connectivity index (χ2v) is 4.60. The number of benzene rings is 1. The number of hydrogen-bond acceptors (Lipinski definition) is 4. The summed E-state index contributed by atoms with van der Waals surface area (Å²) in [6, 6.07) is 8.86. The van der Waals surface area contributed by atoms with Gasteiger partial charge in [-0.15, -0.1) is 0 Å². The first kappa shape index (κ1) is 11.3. The van der Waals surface area contributed by atoms with Crippen molar-refractivity contribution in [2.24, 2.45) is 0 Å². The van der Waals surface area contributed by atoms with Gasteiger partial charge in [0.2, 0.25) is 0 Å². The van der Waals surface area contributed by atoms with Crippen LogP contribution in [0.15, 0.2) is 28.7 Å². The van der Waals surface area contributed by atoms with Crippen molar-refractivity contribution < 1.29 is 4.42 Å². The molecule has 0 aliphatic heterocycles. The van der Waals surface area contributed by atoms with Gasteiger partial charge in [-0.25, -0.2) is 0 Å². The van der Waals surface area contributed by atoms with Gasteiger partial charge in [-0.1, -0.05) is 19.1 Å². The molecule has 16 heavy (non-hydrogen) atoms. The molecule has 0 aliphatic carbocycles. The maximum absolute atomic E-state index is 5.62. The van der Waals surface area contributed by atoms with E-state index < -0.39 is 0 Å². The van der Waals surface area contributed by atoms with Gasteiger partial charge in [0.25, 0.3) is 6.01 Å². The Morgan fingerprint density at radius 2 is 2.25 bits per heavy atom. The maximum atomic E-state index is 5.62. The molecule has 0 radical (unpaired) electrons. The Kier molecular flexibility index (Phi) is 3.72. The fraction of sp³-hybridized carbons (Fsp3) is 0.417. The number of nitrogens with one attached hydrogen (secondary N) is 1. The van der Waals surface area contributed by atoms with Gasteiger partial charge in [0.1, 0.15) is 5.52 Å². The lowest BCUT2D eigenvalue weighted by Gasteiger charge is -2.13. The van der Waals surface area contributed by atoms with E-state index >= 15 is 0 Å². The molecular formula is C12H16N2OS. The molecule has 1 aromatic carbocycles. The van der Waals surface area contributed by atoms with E-state index in [1.54, 1.807) is 0 Å². The van der Waals surface area contributed by atoms with Crippen LogP contribution in [0, 0.1) is 0 Å². The lowest BCUT2D eigenvalue weighted by atomic mass is 10.3. The summed E-state index contributed by atoms with van der Waals surface area (Å²) < 4.78 is 5.62. The number of oxazole rings is 1. The lowest BCUT2D eigenvalue weighted by Crippen LogP contribution is -2.21. The summed E-state index contributed by atoms with van der Waals surface area (Å²) in [6.07, 6.45) is 3.18. The molecule has 2 rings (SSSR count). The topological polar surface area (TPSA) is 38.1 Å². The lowest BCUT2D eigenvalue weighted by molar-refractivity contribution is 0.597. The van der Waals surface area contributed by atoms with Crippen LogP contribution >= 0.6 is 11.8 Å². The van der Waals surface area contributed by atoms with Gasteiger partial charge in [-0.3, -0.25) is 0 Å². The van der Waals surface area contributed by atoms with Crippen LogP contribution in [0.1, 0.15) is 13.3 Å². The summed E-state index contributed by atoms with van der Waals surface area (Å²) in [7, 11) is 0. The zero-order valence-corrected chi connectivity index (χ0v) is 10.4. The molecule has 86 valence electrons. The van der Waals surface area contributed by atoms with Crippen molar-refractivity contribution in [1.29, 1.82) is 0 Å². The quantitative estimate of drug-likeness (QED) is 0.863. The molecule has 2 aromatic rings. The van der Waals surface area contributed by atoms with Crippen LogP contribution in [-0.4, -0.2) is 23.0 Å². The fourth-order valence-corrected chi connectivity index (χ4v) is 2.29. The highest BCUT2D eigenvalue weighted by molar-refractivity contribution is 7.98. The van der Waals surface area contributed by atoms with E-state index in [-0.39, 0.29) is 0 Å². The average Bonchev–Trinajstić information content (AvgIpc) is 2.70. The summed E-state index contributed by atoms with van der Waals surface area (Å²) in [5.41, 5.74) is 1.74. The second-order valence-electron chi connectivity index (χ2n) is 3.69. The van der Waals surface area contributed by atoms with Gasteiger partial charge in [-0.05, 0) is 24.8 Å². The number of fused-ring (bicyclic) bond motifs is 1. The Hall–Kier alpha value is -1.16. The van der Waals surface area contributed by atoms with Crippen LogP contribution in [0.3, 0.4) is 0 Å². The molecule has 1 unspecified atom stereocenters. The van der Waals surface area contributed by atoms with E-state index in [1.807, 2.05) is 36.0 Å². The third-order valence-electron chi connectivity index (χ3n) is 2.48. The molecular weight excluding hydrogens is 220 g/mol. The van der Waals surface area contributed by atoms with Gasteiger partial charge < -0.3 is 9.73 Å². The molecule has 0 amide bonds. The maximum Gasteiger partial charge on any atom is 0.295 e. The van der Waals surface area contributed by atoms with Gasteiger partial charge in [0.15, 0.2) is 5.58 Å². The predicted molar refractivity (Wildman–Crippen MR) is 70.1 cm³/mol. The van der Waals surface area contributed by atoms with Crippen molar-refractivity contribution in [2.75, 3.05) is 17.3 Å². The first-order valence-corrected chi connectivity index (χ1v) is 6.84. The van der Waals surface area contributed by atoms with Gasteiger partial charge in [0, 0.05) is 11.8 Å². The second kappa shape index (κ2) is 5.25. The smallest absolute Gasteiger partial charge is 0.295 e. The summed E-state index contributed by atoms with van der Waals surface area (Å²) in [5.74, 6) is 1.06. The van der Waals surface area contributed by atoms with E-state index in [0.717, 1.165) is 23.3 Å². The number of hydrogen-bond donors (Lipinski definition) is 1. The summed E-state index contributed by atoms with van der Waals surface area (Å²) in [6.45, 7) is 2.16. The van der Waals surface area contributed by atoms with Crippen molar-refractivity contribution in [1.82, 2.24) is 4.98 Å². The number of thioether (sulfide) groups is 1. The Labute approximate surface area is 99.6 Å². The molecule has 0 saturated heterocycles. The zero-order valence-electron chi connectivity index (χ0n) is 9.56. The van der Waals surface area contributed by atoms with Crippen LogP contribution in [0.25, 0.3) is 11.1 Å². The van der Waals surface area contributed by atoms with Crippen LogP contribution in [-0.2, 0) is 0 Å². The van der Waals surface area contributed by atoms with Gasteiger partial charge in [-0.2, -0.15) is 16.7 Å². The molecule has 1 heterocycles. The summed E-state index contributed by atoms with van der Waals surface area (Å²) in [4.78, 5) is 4.40. The first-order chi connectivity index (χ1) is 7.83. The van der Waals surface area contributed by atoms with E-state index in [0.29, 0.717) is 12.1 Å². The predicted octanol–water partition coefficient (Wildman–Crippen LogP) is 3.38. The van der Waals surface area contributed by atoms with E-state index in [1.165, 1.54) is 0 Å². The monoisotopic (exact) mass is 236 g/mol. The SMILES string of the molecule is CCC(CSC)Nc1nc2ccccc2o1. The number of para-hydroxylation sites is 2. The van der Waals surface area contributed by atoms with Crippen LogP contribution in [0.5, 0.6) is 0 Å². The van der Waals surface area contributed by atoms with Gasteiger partial charge >= 0.3 is 0 Å². The van der Waals surface area contributed by atoms with Crippen molar-refractivity contribution in [2.45, 2.75) is 19.4 Å². The number of anilines is 1. The number of aromatic nitrogens is 1. The molecule has 0 aliphatic rings. The fourth-order valence-electron chi connectivity index (χ4n) is 1.57. The van der Waals surface area contributed by atoms with Crippen molar-refractivity contribution in [3.63, 3.8) is 0 Å². The first-order valence-electron chi connectivity index (χ1n) is 5.44. The third kappa shape index (κ3) is 2.50. The number of rotatable bonds is 5. The highest BCUT2D eigenvalue weighted by Crippen LogP contribution is 2.19. The minimum absolute atomic E-state index is 0.420. The minimum Gasteiger partial charge on any atom is -0.424 e. The molecule has 3 nitrogen and oxygen atoms in total. The van der Waals surface area contributed by atoms with Crippen molar-refractivity contribution >= 4 is 28.9 Å². The largest absolute Gasteiger partial charge is 0.424 e. The van der Waals surface area contributed by atoms with E-state index in [2.05, 4.69) is 23.5 Å². The normalized spacial score (nSPS) is 12.9. The highest BCUT2D eigenvalue weighted by Gasteiger charge is 2.10. The standard InChI is InChI=1S/C12H16N2OS/c1-3-9(8-16-2)13-12-14-10-6-4-5-7-11(10)15-12/h4-7,9H,3,8H2,1-2H3,(H,13,14). The average molecular weight is 236 g/mol. The molecule has 0 saturated carbocycles. The molecule has 1 N–H and O–H groups in total. The minimum atomic E-state index is 0.420. The zero-order chi connectivity index (χ0) is 11.4. The van der Waals surface area contributed by atoms with Crippen molar-refractivity contribution in [3.8, 4) is 0 Å². The number of nitrogens with zero attached hydrogens (tertiary/aromatic N) is 1. The van der Waals surface area contributed by atoms with Gasteiger partial charge in [0.05, 0.1) is 0 Å². The Balaban J connectivity index is 2.14.